The number of anilines is 2. The van der Waals surface area contributed by atoms with E-state index in [-0.39, 0.29) is 16.6 Å². The summed E-state index contributed by atoms with van der Waals surface area (Å²) in [6.45, 7) is 2.68. The molecule has 4 rings (SSSR count). The highest BCUT2D eigenvalue weighted by atomic mass is 32.2. The summed E-state index contributed by atoms with van der Waals surface area (Å²) in [6.07, 6.45) is 3.16. The van der Waals surface area contributed by atoms with Crippen LogP contribution in [0.5, 0.6) is 0 Å². The number of hydrogen-bond acceptors (Lipinski definition) is 6. The molecule has 2 aromatic carbocycles. The highest BCUT2D eigenvalue weighted by molar-refractivity contribution is 7.92. The lowest BCUT2D eigenvalue weighted by molar-refractivity contribution is -0.130. The molecule has 0 saturated carbocycles. The van der Waals surface area contributed by atoms with E-state index in [1.807, 2.05) is 35.2 Å². The zero-order valence-corrected chi connectivity index (χ0v) is 17.7. The van der Waals surface area contributed by atoms with Crippen molar-refractivity contribution >= 4 is 27.4 Å². The van der Waals surface area contributed by atoms with Crippen molar-refractivity contribution in [2.24, 2.45) is 0 Å². The van der Waals surface area contributed by atoms with Gasteiger partial charge in [-0.25, -0.2) is 18.4 Å². The van der Waals surface area contributed by atoms with E-state index in [0.717, 1.165) is 11.3 Å². The fourth-order valence-electron chi connectivity index (χ4n) is 3.48. The summed E-state index contributed by atoms with van der Waals surface area (Å²) < 4.78 is 27.5. The second kappa shape index (κ2) is 9.13. The number of sulfonamides is 1. The molecule has 8 nitrogen and oxygen atoms in total. The van der Waals surface area contributed by atoms with Crippen LogP contribution >= 0.6 is 0 Å². The summed E-state index contributed by atoms with van der Waals surface area (Å²) >= 11 is 0. The molecule has 2 heterocycles. The Morgan fingerprint density at radius 2 is 1.65 bits per heavy atom. The number of amides is 1. The third kappa shape index (κ3) is 5.18. The molecule has 1 aromatic heterocycles. The van der Waals surface area contributed by atoms with Crippen LogP contribution in [0.1, 0.15) is 5.56 Å². The second-order valence-corrected chi connectivity index (χ2v) is 8.91. The molecule has 0 bridgehead atoms. The number of piperazine rings is 1. The number of carbonyl (C=O) groups excluding carboxylic acids is 1. The summed E-state index contributed by atoms with van der Waals surface area (Å²) in [5.41, 5.74) is 1.94. The van der Waals surface area contributed by atoms with Crippen LogP contribution in [0.4, 0.5) is 11.5 Å². The predicted octanol–water partition coefficient (Wildman–Crippen LogP) is 2.17. The van der Waals surface area contributed by atoms with Crippen molar-refractivity contribution in [3.05, 3.63) is 78.8 Å². The Labute approximate surface area is 181 Å². The van der Waals surface area contributed by atoms with Crippen molar-refractivity contribution in [3.63, 3.8) is 0 Å². The summed E-state index contributed by atoms with van der Waals surface area (Å²) in [5.74, 6) is 0.346. The van der Waals surface area contributed by atoms with Crippen LogP contribution in [0.2, 0.25) is 0 Å². The lowest BCUT2D eigenvalue weighted by Gasteiger charge is -2.36. The number of rotatable bonds is 6. The van der Waals surface area contributed by atoms with Gasteiger partial charge in [0, 0.05) is 38.1 Å². The molecule has 0 atom stereocenters. The van der Waals surface area contributed by atoms with Gasteiger partial charge >= 0.3 is 0 Å². The van der Waals surface area contributed by atoms with Crippen molar-refractivity contribution in [2.75, 3.05) is 35.8 Å². The first-order chi connectivity index (χ1) is 15.0. The predicted molar refractivity (Wildman–Crippen MR) is 118 cm³/mol. The van der Waals surface area contributed by atoms with E-state index in [4.69, 9.17) is 0 Å². The van der Waals surface area contributed by atoms with E-state index in [1.165, 1.54) is 18.6 Å². The molecule has 3 aromatic rings. The number of nitrogens with one attached hydrogen (secondary N) is 1. The minimum atomic E-state index is -3.72. The van der Waals surface area contributed by atoms with E-state index in [9.17, 15) is 13.2 Å². The van der Waals surface area contributed by atoms with Crippen molar-refractivity contribution in [2.45, 2.75) is 11.3 Å². The third-order valence-corrected chi connectivity index (χ3v) is 6.53. The molecule has 0 aliphatic carbocycles. The van der Waals surface area contributed by atoms with Crippen LogP contribution in [-0.2, 0) is 21.2 Å². The van der Waals surface area contributed by atoms with E-state index < -0.39 is 10.0 Å². The van der Waals surface area contributed by atoms with Crippen LogP contribution in [0.25, 0.3) is 0 Å². The largest absolute Gasteiger partial charge is 0.368 e. The third-order valence-electron chi connectivity index (χ3n) is 5.16. The summed E-state index contributed by atoms with van der Waals surface area (Å²) in [6, 6.07) is 18.0. The maximum Gasteiger partial charge on any atom is 0.263 e. The molecule has 1 aliphatic rings. The zero-order valence-electron chi connectivity index (χ0n) is 16.9. The maximum atomic E-state index is 12.5. The van der Waals surface area contributed by atoms with Crippen LogP contribution in [0.3, 0.4) is 0 Å². The monoisotopic (exact) mass is 437 g/mol. The van der Waals surface area contributed by atoms with Gasteiger partial charge in [0.15, 0.2) is 0 Å². The molecule has 0 radical (unpaired) electrons. The second-order valence-electron chi connectivity index (χ2n) is 7.22. The number of hydrogen-bond donors (Lipinski definition) is 1. The molecule has 31 heavy (non-hydrogen) atoms. The number of nitrogens with zero attached hydrogens (tertiary/aromatic N) is 4. The van der Waals surface area contributed by atoms with Crippen molar-refractivity contribution in [1.82, 2.24) is 14.9 Å². The van der Waals surface area contributed by atoms with Gasteiger partial charge in [-0.05, 0) is 35.9 Å². The van der Waals surface area contributed by atoms with Crippen LogP contribution in [0.15, 0.2) is 78.1 Å². The quantitative estimate of drug-likeness (QED) is 0.635. The molecular formula is C22H23N5O3S. The fourth-order valence-corrected chi connectivity index (χ4v) is 4.49. The molecular weight excluding hydrogens is 414 g/mol. The van der Waals surface area contributed by atoms with E-state index in [2.05, 4.69) is 19.6 Å². The average molecular weight is 438 g/mol. The number of carbonyl (C=O) groups is 1. The Bertz CT molecular complexity index is 1110. The van der Waals surface area contributed by atoms with Crippen LogP contribution in [-0.4, -0.2) is 55.4 Å². The van der Waals surface area contributed by atoms with Crippen LogP contribution < -0.4 is 9.62 Å². The molecule has 0 unspecified atom stereocenters. The molecule has 9 heteroatoms. The highest BCUT2D eigenvalue weighted by Gasteiger charge is 2.22. The van der Waals surface area contributed by atoms with E-state index in [0.29, 0.717) is 32.6 Å². The van der Waals surface area contributed by atoms with E-state index in [1.54, 1.807) is 24.3 Å². The van der Waals surface area contributed by atoms with Gasteiger partial charge in [0.05, 0.1) is 11.3 Å². The van der Waals surface area contributed by atoms with Gasteiger partial charge in [-0.2, -0.15) is 0 Å². The van der Waals surface area contributed by atoms with Gasteiger partial charge in [-0.3, -0.25) is 9.52 Å². The minimum absolute atomic E-state index is 0.128. The molecule has 0 spiro atoms. The summed E-state index contributed by atoms with van der Waals surface area (Å²) in [4.78, 5) is 24.4. The SMILES string of the molecule is O=C(Cc1ccccc1)N1CCN(c2ccc(S(=O)(=O)Nc3ccncn3)cc2)CC1. The molecule has 1 amide bonds. The van der Waals surface area contributed by atoms with Gasteiger partial charge in [-0.1, -0.05) is 30.3 Å². The average Bonchev–Trinajstić information content (AvgIpc) is 2.80. The fraction of sp³-hybridized carbons (Fsp3) is 0.227. The number of benzene rings is 2. The lowest BCUT2D eigenvalue weighted by atomic mass is 10.1. The zero-order chi connectivity index (χ0) is 21.7. The lowest BCUT2D eigenvalue weighted by Crippen LogP contribution is -2.49. The molecule has 1 N–H and O–H groups in total. The maximum absolute atomic E-state index is 12.5. The smallest absolute Gasteiger partial charge is 0.263 e. The highest BCUT2D eigenvalue weighted by Crippen LogP contribution is 2.21. The Morgan fingerprint density at radius 1 is 0.935 bits per heavy atom. The summed E-state index contributed by atoms with van der Waals surface area (Å²) in [5, 5.41) is 0. The molecule has 160 valence electrons. The Kier molecular flexibility index (Phi) is 6.13. The Balaban J connectivity index is 1.34. The Morgan fingerprint density at radius 3 is 2.29 bits per heavy atom. The minimum Gasteiger partial charge on any atom is -0.368 e. The van der Waals surface area contributed by atoms with Crippen molar-refractivity contribution in [1.29, 1.82) is 0 Å². The van der Waals surface area contributed by atoms with Crippen molar-refractivity contribution in [3.8, 4) is 0 Å². The molecule has 1 fully saturated rings. The first kappa shape index (κ1) is 20.8. The number of aromatic nitrogens is 2. The van der Waals surface area contributed by atoms with Crippen molar-refractivity contribution < 1.29 is 13.2 Å². The Hall–Kier alpha value is -3.46. The first-order valence-corrected chi connectivity index (χ1v) is 11.5. The molecule has 1 aliphatic heterocycles. The standard InChI is InChI=1S/C22H23N5O3S/c28-22(16-18-4-2-1-3-5-18)27-14-12-26(13-15-27)19-6-8-20(9-7-19)31(29,30)25-21-10-11-23-17-24-21/h1-11,17H,12-16H2,(H,23,24,25). The first-order valence-electron chi connectivity index (χ1n) is 9.97. The van der Waals surface area contributed by atoms with Gasteiger partial charge in [0.1, 0.15) is 12.1 Å². The van der Waals surface area contributed by atoms with Crippen LogP contribution in [0, 0.1) is 0 Å². The molecule has 1 saturated heterocycles. The topological polar surface area (TPSA) is 95.5 Å². The van der Waals surface area contributed by atoms with Gasteiger partial charge in [0.25, 0.3) is 10.0 Å². The van der Waals surface area contributed by atoms with Gasteiger partial charge in [-0.15, -0.1) is 0 Å². The summed E-state index contributed by atoms with van der Waals surface area (Å²) in [7, 11) is -3.72. The van der Waals surface area contributed by atoms with Gasteiger partial charge < -0.3 is 9.80 Å². The normalized spacial score (nSPS) is 14.3. The van der Waals surface area contributed by atoms with E-state index >= 15 is 0 Å². The van der Waals surface area contributed by atoms with Gasteiger partial charge in [0.2, 0.25) is 5.91 Å².